The van der Waals surface area contributed by atoms with Crippen molar-refractivity contribution in [2.24, 2.45) is 0 Å². The van der Waals surface area contributed by atoms with Crippen molar-refractivity contribution in [1.82, 2.24) is 0 Å². The molecule has 7 aromatic carbocycles. The summed E-state index contributed by atoms with van der Waals surface area (Å²) >= 11 is 0. The SMILES string of the molecule is [2H]c1c([2H])c(-c2c3ccccc3cc3c2ccc2ccccc23)c2c(oc3c([2H])c4c([2H])c([2H])c([2H])c([2H])c4c([2H])c32)c1[2H]. The van der Waals surface area contributed by atoms with Crippen molar-refractivity contribution in [2.75, 3.05) is 0 Å². The molecule has 0 unspecified atom stereocenters. The van der Waals surface area contributed by atoms with Crippen molar-refractivity contribution in [3.63, 3.8) is 0 Å². The van der Waals surface area contributed by atoms with Gasteiger partial charge in [0.25, 0.3) is 0 Å². The zero-order valence-electron chi connectivity index (χ0n) is 27.3. The van der Waals surface area contributed by atoms with Gasteiger partial charge in [-0.2, -0.15) is 0 Å². The first-order valence-electron chi connectivity index (χ1n) is 15.8. The van der Waals surface area contributed by atoms with Crippen LogP contribution in [0.5, 0.6) is 0 Å². The maximum Gasteiger partial charge on any atom is 0.136 e. The van der Waals surface area contributed by atoms with Gasteiger partial charge in [0.15, 0.2) is 0 Å². The summed E-state index contributed by atoms with van der Waals surface area (Å²) in [7, 11) is 0. The number of fused-ring (bicyclic) bond motifs is 8. The summed E-state index contributed by atoms with van der Waals surface area (Å²) in [5, 5.41) is 5.40. The van der Waals surface area contributed by atoms with E-state index in [1.54, 1.807) is 0 Å². The minimum atomic E-state index is -0.524. The molecule has 1 nitrogen and oxygen atoms in total. The fourth-order valence-electron chi connectivity index (χ4n) is 5.19. The molecule has 0 spiro atoms. The van der Waals surface area contributed by atoms with Crippen molar-refractivity contribution in [2.45, 2.75) is 0 Å². The molecule has 0 radical (unpaired) electrons. The highest BCUT2D eigenvalue weighted by Gasteiger charge is 2.18. The van der Waals surface area contributed by atoms with E-state index in [9.17, 15) is 2.74 Å². The Bertz CT molecular complexity index is 2600. The third-order valence-electron chi connectivity index (χ3n) is 6.72. The molecule has 0 aliphatic heterocycles. The first kappa shape index (κ1) is 12.2. The molecule has 0 aliphatic carbocycles. The fourth-order valence-corrected chi connectivity index (χ4v) is 5.19. The van der Waals surface area contributed by atoms with Crippen LogP contribution in [0, 0.1) is 0 Å². The molecule has 0 saturated carbocycles. The highest BCUT2D eigenvalue weighted by Crippen LogP contribution is 2.44. The number of furan rings is 1. The van der Waals surface area contributed by atoms with E-state index in [1.165, 1.54) is 0 Å². The van der Waals surface area contributed by atoms with Crippen molar-refractivity contribution in [1.29, 1.82) is 0 Å². The summed E-state index contributed by atoms with van der Waals surface area (Å²) in [6, 6.07) is 18.1. The monoisotopic (exact) mass is 453 g/mol. The molecule has 1 heterocycles. The predicted molar refractivity (Wildman–Crippen MR) is 149 cm³/mol. The van der Waals surface area contributed by atoms with Crippen LogP contribution in [0.1, 0.15) is 12.3 Å². The van der Waals surface area contributed by atoms with Gasteiger partial charge in [0.05, 0.1) is 12.3 Å². The smallest absolute Gasteiger partial charge is 0.136 e. The van der Waals surface area contributed by atoms with Gasteiger partial charge in [-0.25, -0.2) is 0 Å². The molecule has 0 aliphatic rings. The van der Waals surface area contributed by atoms with Crippen molar-refractivity contribution in [3.8, 4) is 11.1 Å². The van der Waals surface area contributed by atoms with Crippen LogP contribution >= 0.6 is 0 Å². The van der Waals surface area contributed by atoms with E-state index in [4.69, 9.17) is 14.0 Å². The second-order valence-corrected chi connectivity index (χ2v) is 8.61. The molecule has 8 aromatic rings. The first-order chi connectivity index (χ1) is 21.1. The van der Waals surface area contributed by atoms with Crippen molar-refractivity contribution < 1.29 is 16.8 Å². The summed E-state index contributed by atoms with van der Waals surface area (Å²) in [4.78, 5) is 0. The molecule has 0 amide bonds. The van der Waals surface area contributed by atoms with Crippen LogP contribution in [0.4, 0.5) is 0 Å². The Hall–Kier alpha value is -4.62. The summed E-state index contributed by atoms with van der Waals surface area (Å²) in [5.74, 6) is 0. The molecule has 0 fully saturated rings. The third kappa shape index (κ3) is 2.64. The minimum absolute atomic E-state index is 0.0707. The molecule has 0 bridgehead atoms. The summed E-state index contributed by atoms with van der Waals surface area (Å²) in [6.07, 6.45) is 0. The average molecular weight is 454 g/mol. The number of rotatable bonds is 1. The highest BCUT2D eigenvalue weighted by atomic mass is 16.3. The summed E-state index contributed by atoms with van der Waals surface area (Å²) < 4.78 is 84.6. The summed E-state index contributed by atoms with van der Waals surface area (Å²) in [5.41, 5.74) is 0.684. The number of benzene rings is 7. The maximum atomic E-state index is 9.26. The van der Waals surface area contributed by atoms with Gasteiger partial charge >= 0.3 is 0 Å². The Morgan fingerprint density at radius 1 is 0.514 bits per heavy atom. The van der Waals surface area contributed by atoms with Gasteiger partial charge in [0, 0.05) is 10.8 Å². The lowest BCUT2D eigenvalue weighted by molar-refractivity contribution is 0.669. The Balaban J connectivity index is 1.69. The Morgan fingerprint density at radius 2 is 1.29 bits per heavy atom. The van der Waals surface area contributed by atoms with Gasteiger partial charge in [0.2, 0.25) is 0 Å². The normalized spacial score (nSPS) is 15.6. The summed E-state index contributed by atoms with van der Waals surface area (Å²) in [6.45, 7) is 0. The molecule has 0 saturated heterocycles. The van der Waals surface area contributed by atoms with Gasteiger partial charge in [0.1, 0.15) is 11.2 Å². The van der Waals surface area contributed by atoms with Crippen LogP contribution in [-0.2, 0) is 0 Å². The van der Waals surface area contributed by atoms with Crippen LogP contribution in [0.2, 0.25) is 0 Å². The highest BCUT2D eigenvalue weighted by molar-refractivity contribution is 6.25. The molecular weight excluding hydrogens is 424 g/mol. The van der Waals surface area contributed by atoms with Gasteiger partial charge in [-0.15, -0.1) is 0 Å². The molecule has 1 heteroatoms. The minimum Gasteiger partial charge on any atom is -0.456 e. The zero-order valence-corrected chi connectivity index (χ0v) is 18.3. The van der Waals surface area contributed by atoms with E-state index >= 15 is 0 Å². The van der Waals surface area contributed by atoms with Crippen LogP contribution in [0.3, 0.4) is 0 Å². The van der Waals surface area contributed by atoms with E-state index in [0.29, 0.717) is 5.56 Å². The first-order valence-corrected chi connectivity index (χ1v) is 11.3. The molecular formula is C34H20O. The van der Waals surface area contributed by atoms with Gasteiger partial charge in [-0.1, -0.05) is 96.9 Å². The molecule has 0 atom stereocenters. The molecule has 8 rings (SSSR count). The second kappa shape index (κ2) is 6.94. The zero-order chi connectivity index (χ0) is 30.8. The third-order valence-corrected chi connectivity index (χ3v) is 6.72. The van der Waals surface area contributed by atoms with Crippen LogP contribution in [0.15, 0.2) is 126 Å². The van der Waals surface area contributed by atoms with E-state index in [1.807, 2.05) is 60.7 Å². The topological polar surface area (TPSA) is 13.1 Å². The van der Waals surface area contributed by atoms with Gasteiger partial charge < -0.3 is 4.42 Å². The molecule has 0 N–H and O–H groups in total. The fraction of sp³-hybridized carbons (Fsp3) is 0. The standard InChI is InChI=1S/C34H20O/c1-2-10-23-20-32-30(18-22(23)9-1)34-28(14-7-15-31(34)35-32)33-26-13-6-4-11-24(26)19-29-25-12-5-3-8-21(25)16-17-27(29)33/h1-20H/i1D,2D,7D,9D,10D,14D,15D,18D,20D. The molecule has 35 heavy (non-hydrogen) atoms. The largest absolute Gasteiger partial charge is 0.456 e. The lowest BCUT2D eigenvalue weighted by atomic mass is 9.88. The molecule has 1 aromatic heterocycles. The second-order valence-electron chi connectivity index (χ2n) is 8.61. The Kier molecular flexibility index (Phi) is 2.42. The van der Waals surface area contributed by atoms with Crippen LogP contribution in [0.25, 0.3) is 76.2 Å². The number of hydrogen-bond acceptors (Lipinski definition) is 1. The van der Waals surface area contributed by atoms with Gasteiger partial charge in [-0.3, -0.25) is 0 Å². The lowest BCUT2D eigenvalue weighted by Gasteiger charge is -2.15. The average Bonchev–Trinajstić information content (AvgIpc) is 3.44. The Morgan fingerprint density at radius 3 is 2.17 bits per heavy atom. The molecule has 162 valence electrons. The van der Waals surface area contributed by atoms with Crippen molar-refractivity contribution >= 4 is 65.0 Å². The van der Waals surface area contributed by atoms with E-state index in [2.05, 4.69) is 6.07 Å². The predicted octanol–water partition coefficient (Wildman–Crippen LogP) is 9.87. The quantitative estimate of drug-likeness (QED) is 0.178. The Labute approximate surface area is 214 Å². The van der Waals surface area contributed by atoms with Crippen LogP contribution in [-0.4, -0.2) is 0 Å². The van der Waals surface area contributed by atoms with E-state index in [0.717, 1.165) is 32.3 Å². The lowest BCUT2D eigenvalue weighted by Crippen LogP contribution is -1.88. The van der Waals surface area contributed by atoms with E-state index in [-0.39, 0.29) is 68.5 Å². The van der Waals surface area contributed by atoms with Crippen LogP contribution < -0.4 is 0 Å². The van der Waals surface area contributed by atoms with E-state index < -0.39 is 24.2 Å². The van der Waals surface area contributed by atoms with Gasteiger partial charge in [-0.05, 0) is 78.4 Å². The maximum absolute atomic E-state index is 9.26. The number of hydrogen-bond donors (Lipinski definition) is 0. The van der Waals surface area contributed by atoms with Crippen molar-refractivity contribution in [3.05, 3.63) is 121 Å².